The first-order valence-corrected chi connectivity index (χ1v) is 7.79. The van der Waals surface area contributed by atoms with Crippen molar-refractivity contribution in [1.82, 2.24) is 5.32 Å². The number of carbonyl (C=O) groups is 1. The van der Waals surface area contributed by atoms with Crippen molar-refractivity contribution in [3.05, 3.63) is 64.7 Å². The van der Waals surface area contributed by atoms with Crippen molar-refractivity contribution < 1.29 is 9.53 Å². The molecule has 2 unspecified atom stereocenters. The van der Waals surface area contributed by atoms with Gasteiger partial charge in [0.15, 0.2) is 6.10 Å². The molecule has 0 saturated carbocycles. The summed E-state index contributed by atoms with van der Waals surface area (Å²) in [5.74, 6) is 0.961. The molecule has 4 heteroatoms. The highest BCUT2D eigenvalue weighted by Crippen LogP contribution is 2.33. The molecule has 0 bridgehead atoms. The molecule has 0 aliphatic heterocycles. The van der Waals surface area contributed by atoms with Crippen LogP contribution in [0.1, 0.15) is 24.0 Å². The summed E-state index contributed by atoms with van der Waals surface area (Å²) >= 11 is 5.82. The van der Waals surface area contributed by atoms with Crippen molar-refractivity contribution in [2.24, 2.45) is 0 Å². The monoisotopic (exact) mass is 315 g/mol. The van der Waals surface area contributed by atoms with Crippen LogP contribution in [0.2, 0.25) is 5.02 Å². The number of hydrogen-bond acceptors (Lipinski definition) is 2. The van der Waals surface area contributed by atoms with E-state index in [0.29, 0.717) is 23.2 Å². The van der Waals surface area contributed by atoms with Crippen molar-refractivity contribution in [3.63, 3.8) is 0 Å². The van der Waals surface area contributed by atoms with Crippen LogP contribution in [-0.2, 0) is 11.2 Å². The quantitative estimate of drug-likeness (QED) is 0.916. The topological polar surface area (TPSA) is 38.3 Å². The van der Waals surface area contributed by atoms with Gasteiger partial charge in [-0.25, -0.2) is 0 Å². The summed E-state index contributed by atoms with van der Waals surface area (Å²) in [5.41, 5.74) is 2.72. The van der Waals surface area contributed by atoms with Gasteiger partial charge in [0.2, 0.25) is 0 Å². The van der Waals surface area contributed by atoms with E-state index in [1.54, 1.807) is 31.2 Å². The van der Waals surface area contributed by atoms with Crippen molar-refractivity contribution >= 4 is 17.5 Å². The number of hydrogen-bond donors (Lipinski definition) is 1. The molecule has 0 radical (unpaired) electrons. The van der Waals surface area contributed by atoms with Crippen LogP contribution >= 0.6 is 11.6 Å². The highest BCUT2D eigenvalue weighted by molar-refractivity contribution is 6.30. The number of halogens is 1. The van der Waals surface area contributed by atoms with E-state index in [9.17, 15) is 4.79 Å². The second kappa shape index (κ2) is 6.41. The Bertz CT molecular complexity index is 669. The summed E-state index contributed by atoms with van der Waals surface area (Å²) in [6.07, 6.45) is 0.500. The van der Waals surface area contributed by atoms with E-state index in [1.807, 2.05) is 6.07 Å². The fourth-order valence-corrected chi connectivity index (χ4v) is 2.81. The maximum Gasteiger partial charge on any atom is 0.260 e. The standard InChI is InChI=1S/C18H18ClNO2/c1-12(22-16-8-6-15(19)7-9-16)18(21)20-11-14-10-13-4-2-3-5-17(13)14/h2-9,12,14H,10-11H2,1H3,(H,20,21). The van der Waals surface area contributed by atoms with Gasteiger partial charge in [-0.3, -0.25) is 4.79 Å². The van der Waals surface area contributed by atoms with Crippen molar-refractivity contribution in [3.8, 4) is 5.75 Å². The molecule has 114 valence electrons. The molecule has 0 heterocycles. The summed E-state index contributed by atoms with van der Waals surface area (Å²) in [6.45, 7) is 2.41. The Morgan fingerprint density at radius 3 is 2.73 bits per heavy atom. The second-order valence-corrected chi connectivity index (χ2v) is 6.00. The van der Waals surface area contributed by atoms with Crippen LogP contribution in [0, 0.1) is 0 Å². The predicted molar refractivity (Wildman–Crippen MR) is 87.4 cm³/mol. The van der Waals surface area contributed by atoms with Gasteiger partial charge in [-0.15, -0.1) is 0 Å². The van der Waals surface area contributed by atoms with Crippen LogP contribution in [0.15, 0.2) is 48.5 Å². The molecular formula is C18H18ClNO2. The average molecular weight is 316 g/mol. The van der Waals surface area contributed by atoms with Crippen LogP contribution in [0.3, 0.4) is 0 Å². The highest BCUT2D eigenvalue weighted by Gasteiger charge is 2.26. The molecule has 1 amide bonds. The van der Waals surface area contributed by atoms with Crippen LogP contribution in [0.5, 0.6) is 5.75 Å². The second-order valence-electron chi connectivity index (χ2n) is 5.56. The smallest absolute Gasteiger partial charge is 0.260 e. The molecule has 2 aromatic rings. The van der Waals surface area contributed by atoms with Crippen molar-refractivity contribution in [1.29, 1.82) is 0 Å². The molecule has 2 aromatic carbocycles. The molecule has 0 fully saturated rings. The minimum atomic E-state index is -0.531. The number of carbonyl (C=O) groups excluding carboxylic acids is 1. The van der Waals surface area contributed by atoms with E-state index in [1.165, 1.54) is 11.1 Å². The third kappa shape index (κ3) is 3.25. The van der Waals surface area contributed by atoms with Gasteiger partial charge < -0.3 is 10.1 Å². The van der Waals surface area contributed by atoms with Gasteiger partial charge >= 0.3 is 0 Å². The number of benzene rings is 2. The first-order chi connectivity index (χ1) is 10.6. The number of amides is 1. The van der Waals surface area contributed by atoms with Crippen molar-refractivity contribution in [2.75, 3.05) is 6.54 Å². The first-order valence-electron chi connectivity index (χ1n) is 7.41. The molecule has 0 aromatic heterocycles. The third-order valence-electron chi connectivity index (χ3n) is 3.98. The van der Waals surface area contributed by atoms with Crippen LogP contribution in [0.25, 0.3) is 0 Å². The zero-order chi connectivity index (χ0) is 15.5. The van der Waals surface area contributed by atoms with E-state index in [-0.39, 0.29) is 5.91 Å². The normalized spacial score (nSPS) is 17.1. The summed E-state index contributed by atoms with van der Waals surface area (Å²) in [5, 5.41) is 3.61. The Morgan fingerprint density at radius 1 is 1.27 bits per heavy atom. The molecule has 1 aliphatic rings. The first kappa shape index (κ1) is 14.9. The molecule has 1 aliphatic carbocycles. The zero-order valence-corrected chi connectivity index (χ0v) is 13.1. The molecule has 1 N–H and O–H groups in total. The van der Waals surface area contributed by atoms with E-state index >= 15 is 0 Å². The summed E-state index contributed by atoms with van der Waals surface area (Å²) in [4.78, 5) is 12.1. The maximum absolute atomic E-state index is 12.1. The molecule has 0 saturated heterocycles. The maximum atomic E-state index is 12.1. The molecule has 22 heavy (non-hydrogen) atoms. The van der Waals surface area contributed by atoms with Crippen molar-refractivity contribution in [2.45, 2.75) is 25.4 Å². The van der Waals surface area contributed by atoms with E-state index in [2.05, 4.69) is 23.5 Å². The predicted octanol–water partition coefficient (Wildman–Crippen LogP) is 3.56. The lowest BCUT2D eigenvalue weighted by Crippen LogP contribution is -2.40. The molecule has 0 spiro atoms. The van der Waals surface area contributed by atoms with Gasteiger partial charge in [-0.2, -0.15) is 0 Å². The summed E-state index contributed by atoms with van der Waals surface area (Å²) < 4.78 is 5.61. The number of rotatable bonds is 5. The zero-order valence-electron chi connectivity index (χ0n) is 12.4. The van der Waals surface area contributed by atoms with Gasteiger partial charge in [-0.05, 0) is 48.7 Å². The average Bonchev–Trinajstić information content (AvgIpc) is 2.50. The molecule has 3 rings (SSSR count). The highest BCUT2D eigenvalue weighted by atomic mass is 35.5. The molecule has 2 atom stereocenters. The summed E-state index contributed by atoms with van der Waals surface area (Å²) in [6, 6.07) is 15.4. The number of nitrogens with one attached hydrogen (secondary N) is 1. The Kier molecular flexibility index (Phi) is 4.34. The minimum Gasteiger partial charge on any atom is -0.481 e. The Balaban J connectivity index is 1.49. The lowest BCUT2D eigenvalue weighted by molar-refractivity contribution is -0.127. The largest absolute Gasteiger partial charge is 0.481 e. The Hall–Kier alpha value is -2.00. The Labute approximate surface area is 135 Å². The molecule has 3 nitrogen and oxygen atoms in total. The van der Waals surface area contributed by atoms with Gasteiger partial charge in [0.1, 0.15) is 5.75 Å². The van der Waals surface area contributed by atoms with Gasteiger partial charge in [-0.1, -0.05) is 35.9 Å². The SMILES string of the molecule is CC(Oc1ccc(Cl)cc1)C(=O)NCC1Cc2ccccc21. The third-order valence-corrected chi connectivity index (χ3v) is 4.23. The van der Waals surface area contributed by atoms with E-state index in [4.69, 9.17) is 16.3 Å². The van der Waals surface area contributed by atoms with Crippen LogP contribution in [-0.4, -0.2) is 18.6 Å². The lowest BCUT2D eigenvalue weighted by atomic mass is 9.77. The van der Waals surface area contributed by atoms with E-state index < -0.39 is 6.10 Å². The fourth-order valence-electron chi connectivity index (χ4n) is 2.68. The van der Waals surface area contributed by atoms with Gasteiger partial charge in [0, 0.05) is 17.5 Å². The van der Waals surface area contributed by atoms with E-state index in [0.717, 1.165) is 6.42 Å². The lowest BCUT2D eigenvalue weighted by Gasteiger charge is -2.30. The van der Waals surface area contributed by atoms with Gasteiger partial charge in [0.05, 0.1) is 0 Å². The van der Waals surface area contributed by atoms with Crippen LogP contribution < -0.4 is 10.1 Å². The minimum absolute atomic E-state index is 0.0978. The number of ether oxygens (including phenoxy) is 1. The molecular weight excluding hydrogens is 298 g/mol. The van der Waals surface area contributed by atoms with Crippen LogP contribution in [0.4, 0.5) is 0 Å². The Morgan fingerprint density at radius 2 is 2.00 bits per heavy atom. The van der Waals surface area contributed by atoms with Gasteiger partial charge in [0.25, 0.3) is 5.91 Å². The summed E-state index contributed by atoms with van der Waals surface area (Å²) in [7, 11) is 0. The fraction of sp³-hybridized carbons (Fsp3) is 0.278. The number of fused-ring (bicyclic) bond motifs is 1.